The van der Waals surface area contributed by atoms with E-state index in [9.17, 15) is 4.79 Å². The molecule has 37 heavy (non-hydrogen) atoms. The number of amides is 1. The molecule has 4 aromatic rings. The maximum absolute atomic E-state index is 12.9. The molecule has 0 aliphatic rings. The summed E-state index contributed by atoms with van der Waals surface area (Å²) >= 11 is 6.31. The van der Waals surface area contributed by atoms with E-state index in [4.69, 9.17) is 31.5 Å². The van der Waals surface area contributed by atoms with E-state index in [2.05, 4.69) is 15.4 Å². The molecule has 1 amide bonds. The minimum Gasteiger partial charge on any atom is -0.497 e. The predicted octanol–water partition coefficient (Wildman–Crippen LogP) is 3.82. The second-order valence-electron chi connectivity index (χ2n) is 8.30. The Kier molecular flexibility index (Phi) is 8.19. The van der Waals surface area contributed by atoms with Crippen LogP contribution < -0.4 is 30.2 Å². The summed E-state index contributed by atoms with van der Waals surface area (Å²) in [5.41, 5.74) is 9.06. The number of anilines is 2. The molecular formula is C26H29ClN6O4. The lowest BCUT2D eigenvalue weighted by Crippen LogP contribution is -2.27. The van der Waals surface area contributed by atoms with E-state index in [1.54, 1.807) is 38.5 Å². The first kappa shape index (κ1) is 25.9. The third-order valence-electron chi connectivity index (χ3n) is 5.72. The van der Waals surface area contributed by atoms with E-state index in [-0.39, 0.29) is 11.1 Å². The van der Waals surface area contributed by atoms with Gasteiger partial charge in [0, 0.05) is 32.3 Å². The normalized spacial score (nSPS) is 10.8. The fraction of sp³-hybridized carbons (Fsp3) is 0.269. The van der Waals surface area contributed by atoms with Gasteiger partial charge in [0.25, 0.3) is 5.91 Å². The second-order valence-corrected chi connectivity index (χ2v) is 8.68. The number of aromatic nitrogens is 3. The number of fused-ring (bicyclic) bond motifs is 1. The molecule has 0 bridgehead atoms. The van der Waals surface area contributed by atoms with Crippen LogP contribution in [0.2, 0.25) is 5.15 Å². The third-order valence-corrected chi connectivity index (χ3v) is 5.90. The van der Waals surface area contributed by atoms with Gasteiger partial charge in [-0.15, -0.1) is 0 Å². The number of carbonyl (C=O) groups excluding carboxylic acids is 1. The molecule has 194 valence electrons. The Balaban J connectivity index is 1.37. The number of nitrogens with two attached hydrogens (primary N) is 1. The van der Waals surface area contributed by atoms with Crippen LogP contribution in [0.3, 0.4) is 0 Å². The average Bonchev–Trinajstić information content (AvgIpc) is 3.32. The molecule has 0 saturated carbocycles. The standard InChI is InChI=1S/C26H29ClN6O4/c1-32(16-17-5-7-18(35-2)8-6-17)21-14-24(27)31-33-22(15-30-25(21)33)26(34)29-11-4-12-37-19-9-10-23(36-3)20(28)13-19/h5-10,13-15H,4,11-12,16,28H2,1-3H3,(H,29,34). The number of hydrogen-bond donors (Lipinski definition) is 2. The van der Waals surface area contributed by atoms with Crippen LogP contribution in [0.5, 0.6) is 17.2 Å². The van der Waals surface area contributed by atoms with Crippen LogP contribution in [0.4, 0.5) is 11.4 Å². The largest absolute Gasteiger partial charge is 0.497 e. The van der Waals surface area contributed by atoms with Gasteiger partial charge in [-0.05, 0) is 36.2 Å². The van der Waals surface area contributed by atoms with Gasteiger partial charge in [-0.1, -0.05) is 23.7 Å². The van der Waals surface area contributed by atoms with Gasteiger partial charge in [-0.25, -0.2) is 9.50 Å². The maximum Gasteiger partial charge on any atom is 0.271 e. The van der Waals surface area contributed by atoms with Crippen LogP contribution in [-0.4, -0.2) is 54.9 Å². The lowest BCUT2D eigenvalue weighted by atomic mass is 10.2. The van der Waals surface area contributed by atoms with Gasteiger partial charge in [0.2, 0.25) is 0 Å². The van der Waals surface area contributed by atoms with Crippen LogP contribution in [0.15, 0.2) is 54.7 Å². The topological polar surface area (TPSA) is 116 Å². The van der Waals surface area contributed by atoms with Gasteiger partial charge < -0.3 is 30.2 Å². The first-order valence-corrected chi connectivity index (χ1v) is 12.0. The number of nitrogens with one attached hydrogen (secondary N) is 1. The van der Waals surface area contributed by atoms with Crippen molar-refractivity contribution in [3.63, 3.8) is 0 Å². The monoisotopic (exact) mass is 524 g/mol. The van der Waals surface area contributed by atoms with Gasteiger partial charge in [0.15, 0.2) is 16.5 Å². The van der Waals surface area contributed by atoms with Crippen molar-refractivity contribution in [1.29, 1.82) is 0 Å². The first-order valence-electron chi connectivity index (χ1n) is 11.6. The molecule has 2 aromatic heterocycles. The number of nitrogens with zero attached hydrogens (tertiary/aromatic N) is 4. The molecule has 0 atom stereocenters. The Bertz CT molecular complexity index is 1380. The highest BCUT2D eigenvalue weighted by molar-refractivity contribution is 6.29. The van der Waals surface area contributed by atoms with E-state index in [0.717, 1.165) is 17.0 Å². The zero-order valence-electron chi connectivity index (χ0n) is 20.9. The lowest BCUT2D eigenvalue weighted by Gasteiger charge is -2.20. The highest BCUT2D eigenvalue weighted by Crippen LogP contribution is 2.27. The zero-order chi connectivity index (χ0) is 26.4. The molecular weight excluding hydrogens is 496 g/mol. The Labute approximate surface area is 219 Å². The van der Waals surface area contributed by atoms with Crippen molar-refractivity contribution in [2.45, 2.75) is 13.0 Å². The molecule has 2 heterocycles. The van der Waals surface area contributed by atoms with Crippen molar-refractivity contribution >= 4 is 34.5 Å². The molecule has 0 radical (unpaired) electrons. The first-order chi connectivity index (χ1) is 17.9. The predicted molar refractivity (Wildman–Crippen MR) is 143 cm³/mol. The third kappa shape index (κ3) is 6.15. The summed E-state index contributed by atoms with van der Waals surface area (Å²) in [5.74, 6) is 1.72. The van der Waals surface area contributed by atoms with Crippen LogP contribution in [0, 0.1) is 0 Å². The van der Waals surface area contributed by atoms with Crippen LogP contribution in [0.1, 0.15) is 22.5 Å². The molecule has 0 aliphatic carbocycles. The van der Waals surface area contributed by atoms with E-state index < -0.39 is 0 Å². The van der Waals surface area contributed by atoms with Crippen LogP contribution in [-0.2, 0) is 6.54 Å². The Morgan fingerprint density at radius 3 is 2.57 bits per heavy atom. The number of rotatable bonds is 11. The molecule has 0 unspecified atom stereocenters. The van der Waals surface area contributed by atoms with Gasteiger partial charge in [0.05, 0.1) is 38.4 Å². The summed E-state index contributed by atoms with van der Waals surface area (Å²) in [4.78, 5) is 19.3. The quantitative estimate of drug-likeness (QED) is 0.225. The molecule has 0 fully saturated rings. The van der Waals surface area contributed by atoms with Crippen molar-refractivity contribution in [1.82, 2.24) is 19.9 Å². The van der Waals surface area contributed by atoms with Gasteiger partial charge in [0.1, 0.15) is 17.2 Å². The van der Waals surface area contributed by atoms with E-state index in [1.165, 1.54) is 10.7 Å². The number of halogens is 1. The minimum absolute atomic E-state index is 0.253. The fourth-order valence-electron chi connectivity index (χ4n) is 3.81. The van der Waals surface area contributed by atoms with E-state index >= 15 is 0 Å². The number of nitrogen functional groups attached to an aromatic ring is 1. The van der Waals surface area contributed by atoms with E-state index in [1.807, 2.05) is 36.2 Å². The lowest BCUT2D eigenvalue weighted by molar-refractivity contribution is 0.0944. The maximum atomic E-state index is 12.9. The second kappa shape index (κ2) is 11.7. The number of hydrogen-bond acceptors (Lipinski definition) is 8. The molecule has 3 N–H and O–H groups in total. The van der Waals surface area contributed by atoms with Crippen LogP contribution >= 0.6 is 11.6 Å². The van der Waals surface area contributed by atoms with Crippen molar-refractivity contribution in [2.24, 2.45) is 0 Å². The fourth-order valence-corrected chi connectivity index (χ4v) is 3.98. The summed E-state index contributed by atoms with van der Waals surface area (Å²) in [6.07, 6.45) is 2.09. The Morgan fingerprint density at radius 1 is 1.11 bits per heavy atom. The highest BCUT2D eigenvalue weighted by atomic mass is 35.5. The molecule has 0 saturated heterocycles. The number of benzene rings is 2. The highest BCUT2D eigenvalue weighted by Gasteiger charge is 2.18. The van der Waals surface area contributed by atoms with Crippen LogP contribution in [0.25, 0.3) is 5.65 Å². The minimum atomic E-state index is -0.306. The van der Waals surface area contributed by atoms with Crippen molar-refractivity contribution in [3.05, 3.63) is 71.1 Å². The van der Waals surface area contributed by atoms with Gasteiger partial charge in [-0.2, -0.15) is 5.10 Å². The average molecular weight is 525 g/mol. The SMILES string of the molecule is COc1ccc(CN(C)c2cc(Cl)nn3c(C(=O)NCCCOc4ccc(OC)c(N)c4)cnc23)cc1. The zero-order valence-corrected chi connectivity index (χ0v) is 21.7. The van der Waals surface area contributed by atoms with Gasteiger partial charge >= 0.3 is 0 Å². The van der Waals surface area contributed by atoms with Gasteiger partial charge in [-0.3, -0.25) is 4.79 Å². The number of carbonyl (C=O) groups is 1. The van der Waals surface area contributed by atoms with Crippen molar-refractivity contribution in [2.75, 3.05) is 45.1 Å². The molecule has 0 spiro atoms. The number of methoxy groups -OCH3 is 2. The Morgan fingerprint density at radius 2 is 1.86 bits per heavy atom. The Hall–Kier alpha value is -4.18. The summed E-state index contributed by atoms with van der Waals surface area (Å²) in [5, 5.41) is 7.44. The number of imidazole rings is 1. The number of ether oxygens (including phenoxy) is 3. The molecule has 2 aromatic carbocycles. The van der Waals surface area contributed by atoms with Crippen molar-refractivity contribution < 1.29 is 19.0 Å². The molecule has 4 rings (SSSR count). The molecule has 0 aliphatic heterocycles. The summed E-state index contributed by atoms with van der Waals surface area (Å²) in [6.45, 7) is 1.42. The summed E-state index contributed by atoms with van der Waals surface area (Å²) in [7, 11) is 5.13. The molecule has 11 heteroatoms. The molecule has 10 nitrogen and oxygen atoms in total. The summed E-state index contributed by atoms with van der Waals surface area (Å²) in [6, 6.07) is 14.8. The van der Waals surface area contributed by atoms with Crippen molar-refractivity contribution in [3.8, 4) is 17.2 Å². The summed E-state index contributed by atoms with van der Waals surface area (Å²) < 4.78 is 17.5. The van der Waals surface area contributed by atoms with E-state index in [0.29, 0.717) is 54.6 Å². The smallest absolute Gasteiger partial charge is 0.271 e.